The summed E-state index contributed by atoms with van der Waals surface area (Å²) in [5.74, 6) is 0.528. The lowest BCUT2D eigenvalue weighted by Crippen LogP contribution is -2.29. The van der Waals surface area contributed by atoms with Crippen molar-refractivity contribution in [2.24, 2.45) is 0 Å². The van der Waals surface area contributed by atoms with Gasteiger partial charge in [-0.05, 0) is 49.2 Å². The summed E-state index contributed by atoms with van der Waals surface area (Å²) in [6.07, 6.45) is 5.01. The standard InChI is InChI=1S/C23H21N3O3S2/c1-3-4-11-26-22(28)18(31-23(26)30)14-17-20(29-16-9-7-8-15(2)13-16)24-19-10-5-6-12-25(19)21(17)27/h5-10,12-14H,3-4,11H2,1-2H3/b18-14+. The largest absolute Gasteiger partial charge is 0.438 e. The van der Waals surface area contributed by atoms with Gasteiger partial charge in [0.05, 0.1) is 4.91 Å². The number of unbranched alkanes of at least 4 members (excludes halogenated alkanes) is 1. The Hall–Kier alpha value is -2.97. The van der Waals surface area contributed by atoms with Gasteiger partial charge in [-0.25, -0.2) is 0 Å². The van der Waals surface area contributed by atoms with Crippen molar-refractivity contribution >= 4 is 45.9 Å². The van der Waals surface area contributed by atoms with Gasteiger partial charge >= 0.3 is 0 Å². The average Bonchev–Trinajstić information content (AvgIpc) is 3.02. The molecular formula is C23H21N3O3S2. The monoisotopic (exact) mass is 451 g/mol. The maximum Gasteiger partial charge on any atom is 0.269 e. The number of fused-ring (bicyclic) bond motifs is 1. The van der Waals surface area contributed by atoms with E-state index in [2.05, 4.69) is 11.9 Å². The van der Waals surface area contributed by atoms with Crippen molar-refractivity contribution in [3.8, 4) is 11.6 Å². The van der Waals surface area contributed by atoms with E-state index in [9.17, 15) is 9.59 Å². The van der Waals surface area contributed by atoms with Crippen LogP contribution < -0.4 is 10.3 Å². The molecular weight excluding hydrogens is 430 g/mol. The van der Waals surface area contributed by atoms with Crippen molar-refractivity contribution in [1.82, 2.24) is 14.3 Å². The highest BCUT2D eigenvalue weighted by Crippen LogP contribution is 2.34. The maximum atomic E-state index is 13.3. The van der Waals surface area contributed by atoms with E-state index in [1.165, 1.54) is 16.2 Å². The van der Waals surface area contributed by atoms with Crippen LogP contribution in [0.25, 0.3) is 11.7 Å². The number of rotatable bonds is 6. The third kappa shape index (κ3) is 4.40. The number of thiocarbonyl (C=S) groups is 1. The predicted octanol–water partition coefficient (Wildman–Crippen LogP) is 4.80. The first-order valence-corrected chi connectivity index (χ1v) is 11.2. The van der Waals surface area contributed by atoms with Gasteiger partial charge in [0, 0.05) is 12.7 Å². The third-order valence-electron chi connectivity index (χ3n) is 4.82. The number of nitrogens with zero attached hydrogens (tertiary/aromatic N) is 3. The van der Waals surface area contributed by atoms with Gasteiger partial charge in [0.15, 0.2) is 0 Å². The van der Waals surface area contributed by atoms with Crippen LogP contribution in [0.3, 0.4) is 0 Å². The topological polar surface area (TPSA) is 63.9 Å². The number of hydrogen-bond acceptors (Lipinski definition) is 6. The Balaban J connectivity index is 1.81. The van der Waals surface area contributed by atoms with E-state index < -0.39 is 0 Å². The van der Waals surface area contributed by atoms with Crippen LogP contribution >= 0.6 is 24.0 Å². The maximum absolute atomic E-state index is 13.3. The van der Waals surface area contributed by atoms with Gasteiger partial charge < -0.3 is 4.74 Å². The van der Waals surface area contributed by atoms with Crippen molar-refractivity contribution in [3.05, 3.63) is 75.0 Å². The fourth-order valence-electron chi connectivity index (χ4n) is 3.21. The van der Waals surface area contributed by atoms with Crippen LogP contribution in [0.1, 0.15) is 30.9 Å². The highest BCUT2D eigenvalue weighted by Gasteiger charge is 2.32. The lowest BCUT2D eigenvalue weighted by molar-refractivity contribution is -0.122. The molecule has 0 spiro atoms. The Labute approximate surface area is 189 Å². The summed E-state index contributed by atoms with van der Waals surface area (Å²) < 4.78 is 7.94. The van der Waals surface area contributed by atoms with E-state index in [4.69, 9.17) is 17.0 Å². The zero-order valence-corrected chi connectivity index (χ0v) is 18.8. The molecule has 158 valence electrons. The number of aryl methyl sites for hydroxylation is 1. The van der Waals surface area contributed by atoms with Gasteiger partial charge in [-0.3, -0.25) is 18.9 Å². The Morgan fingerprint density at radius 1 is 1.19 bits per heavy atom. The van der Waals surface area contributed by atoms with Crippen molar-refractivity contribution < 1.29 is 9.53 Å². The quantitative estimate of drug-likeness (QED) is 0.396. The zero-order chi connectivity index (χ0) is 22.0. The molecule has 3 aromatic rings. The van der Waals surface area contributed by atoms with Gasteiger partial charge in [0.1, 0.15) is 21.3 Å². The Bertz CT molecular complexity index is 1270. The van der Waals surface area contributed by atoms with E-state index >= 15 is 0 Å². The highest BCUT2D eigenvalue weighted by molar-refractivity contribution is 8.26. The second-order valence-electron chi connectivity index (χ2n) is 7.17. The molecule has 2 aromatic heterocycles. The predicted molar refractivity (Wildman–Crippen MR) is 128 cm³/mol. The van der Waals surface area contributed by atoms with Crippen molar-refractivity contribution in [3.63, 3.8) is 0 Å². The molecule has 0 saturated carbocycles. The molecule has 0 radical (unpaired) electrons. The number of carbonyl (C=O) groups is 1. The molecule has 1 amide bonds. The number of ether oxygens (including phenoxy) is 1. The Morgan fingerprint density at radius 2 is 2.03 bits per heavy atom. The van der Waals surface area contributed by atoms with E-state index in [0.717, 1.165) is 18.4 Å². The Kier molecular flexibility index (Phi) is 6.20. The van der Waals surface area contributed by atoms with Gasteiger partial charge in [-0.1, -0.05) is 55.5 Å². The first-order valence-electron chi connectivity index (χ1n) is 9.99. The number of benzene rings is 1. The molecule has 1 fully saturated rings. The first-order chi connectivity index (χ1) is 15.0. The normalized spacial score (nSPS) is 15.3. The highest BCUT2D eigenvalue weighted by atomic mass is 32.2. The summed E-state index contributed by atoms with van der Waals surface area (Å²) in [6, 6.07) is 12.8. The SMILES string of the molecule is CCCCN1C(=O)/C(=C\c2c(Oc3cccc(C)c3)nc3ccccn3c2=O)SC1=S. The number of carbonyl (C=O) groups excluding carboxylic acids is 1. The minimum absolute atomic E-state index is 0.153. The second-order valence-corrected chi connectivity index (χ2v) is 8.85. The smallest absolute Gasteiger partial charge is 0.269 e. The molecule has 1 aliphatic rings. The van der Waals surface area contributed by atoms with Gasteiger partial charge in [-0.15, -0.1) is 0 Å². The first kappa shape index (κ1) is 21.3. The zero-order valence-electron chi connectivity index (χ0n) is 17.2. The van der Waals surface area contributed by atoms with Crippen LogP contribution in [0.5, 0.6) is 11.6 Å². The molecule has 0 N–H and O–H groups in total. The minimum atomic E-state index is -0.313. The molecule has 0 atom stereocenters. The van der Waals surface area contributed by atoms with Crippen LogP contribution in [-0.2, 0) is 4.79 Å². The van der Waals surface area contributed by atoms with Crippen molar-refractivity contribution in [2.75, 3.05) is 6.54 Å². The molecule has 0 bridgehead atoms. The summed E-state index contributed by atoms with van der Waals surface area (Å²) in [5, 5.41) is 0. The van der Waals surface area contributed by atoms with Gasteiger partial charge in [-0.2, -0.15) is 4.98 Å². The molecule has 4 rings (SSSR count). The molecule has 1 aliphatic heterocycles. The Morgan fingerprint density at radius 3 is 2.81 bits per heavy atom. The van der Waals surface area contributed by atoms with Gasteiger partial charge in [0.25, 0.3) is 11.5 Å². The third-order valence-corrected chi connectivity index (χ3v) is 6.20. The molecule has 0 unspecified atom stereocenters. The summed E-state index contributed by atoms with van der Waals surface area (Å²) in [7, 11) is 0. The lowest BCUT2D eigenvalue weighted by atomic mass is 10.2. The molecule has 1 aromatic carbocycles. The molecule has 8 heteroatoms. The molecule has 0 aliphatic carbocycles. The molecule has 31 heavy (non-hydrogen) atoms. The van der Waals surface area contributed by atoms with E-state index in [1.54, 1.807) is 41.4 Å². The number of pyridine rings is 1. The minimum Gasteiger partial charge on any atom is -0.438 e. The molecule has 1 saturated heterocycles. The van der Waals surface area contributed by atoms with E-state index in [1.807, 2.05) is 25.1 Å². The second kappa shape index (κ2) is 9.03. The van der Waals surface area contributed by atoms with Crippen molar-refractivity contribution in [1.29, 1.82) is 0 Å². The van der Waals surface area contributed by atoms with E-state index in [0.29, 0.717) is 27.2 Å². The summed E-state index contributed by atoms with van der Waals surface area (Å²) in [6.45, 7) is 4.59. The summed E-state index contributed by atoms with van der Waals surface area (Å²) >= 11 is 6.58. The summed E-state index contributed by atoms with van der Waals surface area (Å²) in [4.78, 5) is 32.7. The van der Waals surface area contributed by atoms with Crippen LogP contribution in [0.15, 0.2) is 58.4 Å². The fraction of sp³-hybridized carbons (Fsp3) is 0.217. The van der Waals surface area contributed by atoms with Crippen LogP contribution in [0.2, 0.25) is 0 Å². The number of amides is 1. The van der Waals surface area contributed by atoms with Gasteiger partial charge in [0.2, 0.25) is 5.88 Å². The molecule has 6 nitrogen and oxygen atoms in total. The molecule has 3 heterocycles. The lowest BCUT2D eigenvalue weighted by Gasteiger charge is -2.13. The number of hydrogen-bond donors (Lipinski definition) is 0. The number of aromatic nitrogens is 2. The number of thioether (sulfide) groups is 1. The fourth-order valence-corrected chi connectivity index (χ4v) is 4.50. The van der Waals surface area contributed by atoms with Crippen LogP contribution in [-0.4, -0.2) is 31.1 Å². The van der Waals surface area contributed by atoms with E-state index in [-0.39, 0.29) is 22.9 Å². The summed E-state index contributed by atoms with van der Waals surface area (Å²) in [5.41, 5.74) is 1.38. The van der Waals surface area contributed by atoms with Crippen LogP contribution in [0.4, 0.5) is 0 Å². The average molecular weight is 452 g/mol. The van der Waals surface area contributed by atoms with Crippen LogP contribution in [0, 0.1) is 6.92 Å². The van der Waals surface area contributed by atoms with Crippen molar-refractivity contribution in [2.45, 2.75) is 26.7 Å².